The van der Waals surface area contributed by atoms with Crippen molar-refractivity contribution in [2.45, 2.75) is 33.7 Å². The fraction of sp³-hybridized carbons (Fsp3) is 0.636. The van der Waals surface area contributed by atoms with Crippen molar-refractivity contribution in [3.63, 3.8) is 0 Å². The molecule has 0 unspecified atom stereocenters. The van der Waals surface area contributed by atoms with Crippen LogP contribution < -0.4 is 10.6 Å². The van der Waals surface area contributed by atoms with Gasteiger partial charge in [0.15, 0.2) is 0 Å². The summed E-state index contributed by atoms with van der Waals surface area (Å²) in [6, 6.07) is 0.439. The van der Waals surface area contributed by atoms with Crippen LogP contribution in [0.3, 0.4) is 0 Å². The Labute approximate surface area is 96.0 Å². The Balaban J connectivity index is 2.41. The molecule has 0 aliphatic carbocycles. The van der Waals surface area contributed by atoms with Crippen molar-refractivity contribution in [2.24, 2.45) is 0 Å². The number of nitrogens with one attached hydrogen (secondary N) is 3. The minimum Gasteiger partial charge on any atom is -0.351 e. The summed E-state index contributed by atoms with van der Waals surface area (Å²) in [5.41, 5.74) is 2.21. The molecule has 1 rings (SSSR count). The number of rotatable bonds is 5. The monoisotopic (exact) mass is 224 g/mol. The molecule has 0 aromatic carbocycles. The Bertz CT molecular complexity index is 337. The number of hydrogen-bond acceptors (Lipinski definition) is 3. The Morgan fingerprint density at radius 2 is 2.06 bits per heavy atom. The molecular weight excluding hydrogens is 204 g/mol. The van der Waals surface area contributed by atoms with Crippen LogP contribution in [0.1, 0.15) is 35.6 Å². The van der Waals surface area contributed by atoms with Crippen LogP contribution >= 0.6 is 0 Å². The number of carbonyl (C=O) groups is 1. The molecule has 0 saturated heterocycles. The lowest BCUT2D eigenvalue weighted by Gasteiger charge is -2.09. The van der Waals surface area contributed by atoms with E-state index < -0.39 is 0 Å². The normalized spacial score (nSPS) is 10.8. The van der Waals surface area contributed by atoms with E-state index in [1.165, 1.54) is 0 Å². The van der Waals surface area contributed by atoms with E-state index in [9.17, 15) is 4.79 Å². The molecule has 0 saturated carbocycles. The van der Waals surface area contributed by atoms with E-state index >= 15 is 0 Å². The fourth-order valence-corrected chi connectivity index (χ4v) is 1.51. The second kappa shape index (κ2) is 5.65. The van der Waals surface area contributed by atoms with E-state index in [4.69, 9.17) is 0 Å². The third-order valence-electron chi connectivity index (χ3n) is 2.32. The van der Waals surface area contributed by atoms with Crippen molar-refractivity contribution in [3.8, 4) is 0 Å². The number of carbonyl (C=O) groups excluding carboxylic acids is 1. The first-order valence-electron chi connectivity index (χ1n) is 5.55. The van der Waals surface area contributed by atoms with Gasteiger partial charge in [0.05, 0.1) is 11.3 Å². The Hall–Kier alpha value is -1.36. The van der Waals surface area contributed by atoms with Gasteiger partial charge in [-0.1, -0.05) is 13.8 Å². The molecule has 1 aromatic rings. The average molecular weight is 224 g/mol. The zero-order chi connectivity index (χ0) is 12.1. The first-order chi connectivity index (χ1) is 7.52. The first kappa shape index (κ1) is 12.7. The second-order valence-corrected chi connectivity index (χ2v) is 4.17. The maximum Gasteiger partial charge on any atom is 0.255 e. The molecular formula is C11H20N4O. The van der Waals surface area contributed by atoms with Crippen LogP contribution in [0, 0.1) is 13.8 Å². The highest BCUT2D eigenvalue weighted by Crippen LogP contribution is 2.08. The van der Waals surface area contributed by atoms with Crippen LogP contribution in [0.5, 0.6) is 0 Å². The molecule has 0 bridgehead atoms. The highest BCUT2D eigenvalue weighted by Gasteiger charge is 2.14. The second-order valence-electron chi connectivity index (χ2n) is 4.17. The van der Waals surface area contributed by atoms with Gasteiger partial charge in [-0.15, -0.1) is 0 Å². The quantitative estimate of drug-likeness (QED) is 0.647. The molecule has 0 fully saturated rings. The molecule has 5 nitrogen and oxygen atoms in total. The van der Waals surface area contributed by atoms with Gasteiger partial charge >= 0.3 is 0 Å². The molecule has 5 heteroatoms. The summed E-state index contributed by atoms with van der Waals surface area (Å²) in [5, 5.41) is 12.9. The largest absolute Gasteiger partial charge is 0.351 e. The van der Waals surface area contributed by atoms with Gasteiger partial charge in [-0.2, -0.15) is 5.10 Å². The lowest BCUT2D eigenvalue weighted by atomic mass is 10.2. The SMILES string of the molecule is Cc1n[nH]c(C)c1C(=O)NCCNC(C)C. The number of nitrogens with zero attached hydrogens (tertiary/aromatic N) is 1. The zero-order valence-corrected chi connectivity index (χ0v) is 10.3. The van der Waals surface area contributed by atoms with Crippen molar-refractivity contribution >= 4 is 5.91 Å². The molecule has 0 aliphatic heterocycles. The molecule has 16 heavy (non-hydrogen) atoms. The smallest absolute Gasteiger partial charge is 0.255 e. The van der Waals surface area contributed by atoms with Crippen molar-refractivity contribution in [2.75, 3.05) is 13.1 Å². The standard InChI is InChI=1S/C11H20N4O/c1-7(2)12-5-6-13-11(16)10-8(3)14-15-9(10)4/h7,12H,5-6H2,1-4H3,(H,13,16)(H,14,15). The molecule has 0 radical (unpaired) electrons. The summed E-state index contributed by atoms with van der Waals surface area (Å²) in [4.78, 5) is 11.8. The molecule has 3 N–H and O–H groups in total. The zero-order valence-electron chi connectivity index (χ0n) is 10.3. The Morgan fingerprint density at radius 1 is 1.38 bits per heavy atom. The number of aryl methyl sites for hydroxylation is 2. The number of hydrogen-bond donors (Lipinski definition) is 3. The summed E-state index contributed by atoms with van der Waals surface area (Å²) in [5.74, 6) is -0.0608. The van der Waals surface area contributed by atoms with Crippen LogP contribution in [0.25, 0.3) is 0 Å². The van der Waals surface area contributed by atoms with E-state index in [2.05, 4.69) is 34.7 Å². The van der Waals surface area contributed by atoms with Gasteiger partial charge < -0.3 is 10.6 Å². The van der Waals surface area contributed by atoms with Gasteiger partial charge in [-0.05, 0) is 13.8 Å². The molecule has 1 aromatic heterocycles. The number of amides is 1. The highest BCUT2D eigenvalue weighted by molar-refractivity contribution is 5.96. The molecule has 0 atom stereocenters. The van der Waals surface area contributed by atoms with Crippen LogP contribution in [0.4, 0.5) is 0 Å². The maximum atomic E-state index is 11.8. The van der Waals surface area contributed by atoms with Gasteiger partial charge in [0.2, 0.25) is 0 Å². The van der Waals surface area contributed by atoms with Gasteiger partial charge in [0.25, 0.3) is 5.91 Å². The van der Waals surface area contributed by atoms with Gasteiger partial charge in [0, 0.05) is 24.8 Å². The third kappa shape index (κ3) is 3.34. The van der Waals surface area contributed by atoms with Crippen LogP contribution in [0.15, 0.2) is 0 Å². The summed E-state index contributed by atoms with van der Waals surface area (Å²) < 4.78 is 0. The fourth-order valence-electron chi connectivity index (χ4n) is 1.51. The minimum atomic E-state index is -0.0608. The summed E-state index contributed by atoms with van der Waals surface area (Å²) >= 11 is 0. The lowest BCUT2D eigenvalue weighted by molar-refractivity contribution is 0.0952. The summed E-state index contributed by atoms with van der Waals surface area (Å²) in [6.45, 7) is 9.23. The van der Waals surface area contributed by atoms with Crippen molar-refractivity contribution in [1.29, 1.82) is 0 Å². The maximum absolute atomic E-state index is 11.8. The van der Waals surface area contributed by atoms with E-state index in [1.54, 1.807) is 0 Å². The van der Waals surface area contributed by atoms with Crippen LogP contribution in [0.2, 0.25) is 0 Å². The Kier molecular flexibility index (Phi) is 4.49. The predicted octanol–water partition coefficient (Wildman–Crippen LogP) is 0.754. The average Bonchev–Trinajstić information content (AvgIpc) is 2.53. The van der Waals surface area contributed by atoms with Crippen molar-refractivity contribution in [1.82, 2.24) is 20.8 Å². The van der Waals surface area contributed by atoms with Crippen LogP contribution in [-0.4, -0.2) is 35.2 Å². The molecule has 90 valence electrons. The first-order valence-corrected chi connectivity index (χ1v) is 5.55. The van der Waals surface area contributed by atoms with Gasteiger partial charge in [0.1, 0.15) is 0 Å². The van der Waals surface area contributed by atoms with E-state index in [-0.39, 0.29) is 5.91 Å². The summed E-state index contributed by atoms with van der Waals surface area (Å²) in [6.07, 6.45) is 0. The molecule has 1 amide bonds. The number of H-pyrrole nitrogens is 1. The molecule has 0 spiro atoms. The minimum absolute atomic E-state index is 0.0608. The lowest BCUT2D eigenvalue weighted by Crippen LogP contribution is -2.34. The highest BCUT2D eigenvalue weighted by atomic mass is 16.1. The van der Waals surface area contributed by atoms with Crippen molar-refractivity contribution in [3.05, 3.63) is 17.0 Å². The van der Waals surface area contributed by atoms with E-state index in [0.29, 0.717) is 18.2 Å². The van der Waals surface area contributed by atoms with Crippen molar-refractivity contribution < 1.29 is 4.79 Å². The van der Waals surface area contributed by atoms with Gasteiger partial charge in [-0.3, -0.25) is 9.89 Å². The third-order valence-corrected chi connectivity index (χ3v) is 2.32. The summed E-state index contributed by atoms with van der Waals surface area (Å²) in [7, 11) is 0. The van der Waals surface area contributed by atoms with Gasteiger partial charge in [-0.25, -0.2) is 0 Å². The number of aromatic nitrogens is 2. The molecule has 1 heterocycles. The van der Waals surface area contributed by atoms with Crippen LogP contribution in [-0.2, 0) is 0 Å². The van der Waals surface area contributed by atoms with E-state index in [1.807, 2.05) is 13.8 Å². The topological polar surface area (TPSA) is 69.8 Å². The number of aromatic amines is 1. The Morgan fingerprint density at radius 3 is 2.56 bits per heavy atom. The molecule has 0 aliphatic rings. The van der Waals surface area contributed by atoms with E-state index in [0.717, 1.165) is 17.9 Å². The predicted molar refractivity (Wildman–Crippen MR) is 63.5 cm³/mol.